The van der Waals surface area contributed by atoms with Crippen LogP contribution in [0.25, 0.3) is 0 Å². The Labute approximate surface area is 122 Å². The first-order valence-corrected chi connectivity index (χ1v) is 7.96. The third kappa shape index (κ3) is 3.74. The van der Waals surface area contributed by atoms with Crippen molar-refractivity contribution >= 4 is 11.8 Å². The molecule has 4 nitrogen and oxygen atoms in total. The van der Waals surface area contributed by atoms with E-state index in [1.165, 1.54) is 6.42 Å². The molecule has 2 rings (SSSR count). The third-order valence-corrected chi connectivity index (χ3v) is 4.79. The summed E-state index contributed by atoms with van der Waals surface area (Å²) < 4.78 is 0. The van der Waals surface area contributed by atoms with E-state index in [1.54, 1.807) is 0 Å². The number of hydrogen-bond acceptors (Lipinski definition) is 2. The Bertz CT molecular complexity index is 373. The number of nitrogens with one attached hydrogen (secondary N) is 1. The highest BCUT2D eigenvalue weighted by Crippen LogP contribution is 2.34. The van der Waals surface area contributed by atoms with Gasteiger partial charge in [-0.15, -0.1) is 0 Å². The van der Waals surface area contributed by atoms with Gasteiger partial charge in [0.15, 0.2) is 0 Å². The summed E-state index contributed by atoms with van der Waals surface area (Å²) in [5.41, 5.74) is 0.318. The Morgan fingerprint density at radius 1 is 1.15 bits per heavy atom. The molecule has 0 aromatic rings. The van der Waals surface area contributed by atoms with Crippen LogP contribution in [0.3, 0.4) is 0 Å². The predicted molar refractivity (Wildman–Crippen MR) is 79.2 cm³/mol. The van der Waals surface area contributed by atoms with Crippen LogP contribution in [0.15, 0.2) is 0 Å². The van der Waals surface area contributed by atoms with E-state index in [1.807, 2.05) is 4.90 Å². The van der Waals surface area contributed by atoms with Gasteiger partial charge < -0.3 is 10.2 Å². The summed E-state index contributed by atoms with van der Waals surface area (Å²) in [7, 11) is 0. The summed E-state index contributed by atoms with van der Waals surface area (Å²) in [6.45, 7) is 8.55. The average Bonchev–Trinajstić information content (AvgIpc) is 2.63. The van der Waals surface area contributed by atoms with Crippen LogP contribution in [-0.2, 0) is 9.59 Å². The number of rotatable bonds is 1. The molecule has 2 fully saturated rings. The van der Waals surface area contributed by atoms with Crippen LogP contribution in [0.4, 0.5) is 0 Å². The number of likely N-dealkylation sites (tertiary alicyclic amines) is 1. The van der Waals surface area contributed by atoms with Crippen LogP contribution in [0.5, 0.6) is 0 Å². The van der Waals surface area contributed by atoms with Crippen molar-refractivity contribution in [2.45, 2.75) is 65.3 Å². The van der Waals surface area contributed by atoms with Gasteiger partial charge in [-0.1, -0.05) is 20.8 Å². The molecule has 2 amide bonds. The first kappa shape index (κ1) is 15.3. The van der Waals surface area contributed by atoms with Crippen molar-refractivity contribution in [3.8, 4) is 0 Å². The zero-order valence-electron chi connectivity index (χ0n) is 13.1. The number of carbonyl (C=O) groups excluding carboxylic acids is 2. The van der Waals surface area contributed by atoms with Crippen LogP contribution in [0, 0.1) is 11.3 Å². The second-order valence-corrected chi connectivity index (χ2v) is 7.33. The maximum Gasteiger partial charge on any atom is 0.245 e. The molecule has 0 aliphatic carbocycles. The monoisotopic (exact) mass is 280 g/mol. The van der Waals surface area contributed by atoms with Crippen molar-refractivity contribution in [3.05, 3.63) is 0 Å². The number of piperidine rings is 1. The van der Waals surface area contributed by atoms with Crippen molar-refractivity contribution in [2.24, 2.45) is 11.3 Å². The second-order valence-electron chi connectivity index (χ2n) is 7.33. The van der Waals surface area contributed by atoms with Gasteiger partial charge in [-0.3, -0.25) is 9.59 Å². The van der Waals surface area contributed by atoms with E-state index in [9.17, 15) is 9.59 Å². The van der Waals surface area contributed by atoms with Crippen LogP contribution >= 0.6 is 0 Å². The molecule has 20 heavy (non-hydrogen) atoms. The largest absolute Gasteiger partial charge is 0.344 e. The lowest BCUT2D eigenvalue weighted by Gasteiger charge is -2.31. The highest BCUT2D eigenvalue weighted by atomic mass is 16.2. The predicted octanol–water partition coefficient (Wildman–Crippen LogP) is 2.33. The lowest BCUT2D eigenvalue weighted by molar-refractivity contribution is -0.138. The quantitative estimate of drug-likeness (QED) is 0.801. The van der Waals surface area contributed by atoms with E-state index in [0.29, 0.717) is 17.8 Å². The lowest BCUT2D eigenvalue weighted by Crippen LogP contribution is -2.50. The van der Waals surface area contributed by atoms with E-state index in [-0.39, 0.29) is 17.9 Å². The molecule has 0 aromatic heterocycles. The summed E-state index contributed by atoms with van der Waals surface area (Å²) in [6.07, 6.45) is 5.55. The van der Waals surface area contributed by atoms with Crippen LogP contribution in [0.2, 0.25) is 0 Å². The van der Waals surface area contributed by atoms with Crippen LogP contribution in [0.1, 0.15) is 59.3 Å². The Balaban J connectivity index is 1.93. The Morgan fingerprint density at radius 2 is 1.90 bits per heavy atom. The minimum Gasteiger partial charge on any atom is -0.344 e. The van der Waals surface area contributed by atoms with Gasteiger partial charge in [0.2, 0.25) is 11.8 Å². The van der Waals surface area contributed by atoms with Gasteiger partial charge >= 0.3 is 0 Å². The van der Waals surface area contributed by atoms with Gasteiger partial charge in [0.25, 0.3) is 0 Å². The average molecular weight is 280 g/mol. The molecule has 2 heterocycles. The molecule has 0 aromatic carbocycles. The molecule has 2 atom stereocenters. The van der Waals surface area contributed by atoms with E-state index in [2.05, 4.69) is 26.1 Å². The van der Waals surface area contributed by atoms with Crippen molar-refractivity contribution in [3.63, 3.8) is 0 Å². The summed E-state index contributed by atoms with van der Waals surface area (Å²) in [4.78, 5) is 25.9. The molecule has 1 N–H and O–H groups in total. The number of carbonyl (C=O) groups is 2. The summed E-state index contributed by atoms with van der Waals surface area (Å²) >= 11 is 0. The van der Waals surface area contributed by atoms with Crippen molar-refractivity contribution in [1.82, 2.24) is 10.2 Å². The molecule has 2 saturated heterocycles. The van der Waals surface area contributed by atoms with Gasteiger partial charge in [0, 0.05) is 19.5 Å². The molecule has 0 bridgehead atoms. The highest BCUT2D eigenvalue weighted by Gasteiger charge is 2.32. The van der Waals surface area contributed by atoms with Gasteiger partial charge in [-0.2, -0.15) is 0 Å². The lowest BCUT2D eigenvalue weighted by atomic mass is 9.77. The first-order valence-electron chi connectivity index (χ1n) is 7.96. The molecular weight excluding hydrogens is 252 g/mol. The second kappa shape index (κ2) is 6.15. The molecule has 0 radical (unpaired) electrons. The molecule has 0 saturated carbocycles. The fourth-order valence-corrected chi connectivity index (χ4v) is 3.39. The number of hydrogen-bond donors (Lipinski definition) is 1. The molecule has 0 spiro atoms. The van der Waals surface area contributed by atoms with Crippen molar-refractivity contribution in [2.75, 3.05) is 13.1 Å². The Hall–Kier alpha value is -1.06. The summed E-state index contributed by atoms with van der Waals surface area (Å²) in [6, 6.07) is -0.276. The smallest absolute Gasteiger partial charge is 0.245 e. The number of amides is 2. The zero-order valence-corrected chi connectivity index (χ0v) is 13.1. The Morgan fingerprint density at radius 3 is 2.55 bits per heavy atom. The minimum atomic E-state index is -0.276. The number of nitrogens with zero attached hydrogens (tertiary/aromatic N) is 1. The van der Waals surface area contributed by atoms with Crippen molar-refractivity contribution in [1.29, 1.82) is 0 Å². The molecule has 2 aliphatic heterocycles. The molecule has 114 valence electrons. The molecule has 1 unspecified atom stereocenters. The third-order valence-electron chi connectivity index (χ3n) is 4.79. The Kier molecular flexibility index (Phi) is 4.71. The van der Waals surface area contributed by atoms with E-state index in [4.69, 9.17) is 0 Å². The molecule has 4 heteroatoms. The minimum absolute atomic E-state index is 0.0250. The molecular formula is C16H28N2O2. The standard InChI is InChI=1S/C16H28N2O2/c1-16(2,3)12-6-5-10-18(11-9-12)15(20)13-7-4-8-14(19)17-13/h12-13H,4-11H2,1-3H3,(H,17,19)/t12?,13-/m1/s1. The van der Waals surface area contributed by atoms with Crippen LogP contribution in [-0.4, -0.2) is 35.8 Å². The summed E-state index contributed by atoms with van der Waals surface area (Å²) in [5.74, 6) is 0.839. The fraction of sp³-hybridized carbons (Fsp3) is 0.875. The van der Waals surface area contributed by atoms with E-state index >= 15 is 0 Å². The van der Waals surface area contributed by atoms with E-state index < -0.39 is 0 Å². The van der Waals surface area contributed by atoms with Gasteiger partial charge in [-0.05, 0) is 43.4 Å². The summed E-state index contributed by atoms with van der Waals surface area (Å²) in [5, 5.41) is 2.85. The van der Waals surface area contributed by atoms with Gasteiger partial charge in [-0.25, -0.2) is 0 Å². The maximum absolute atomic E-state index is 12.5. The van der Waals surface area contributed by atoms with Crippen molar-refractivity contribution < 1.29 is 9.59 Å². The van der Waals surface area contributed by atoms with E-state index in [0.717, 1.165) is 38.8 Å². The van der Waals surface area contributed by atoms with Gasteiger partial charge in [0.05, 0.1) is 0 Å². The normalized spacial score (nSPS) is 28.8. The zero-order chi connectivity index (χ0) is 14.8. The SMILES string of the molecule is CC(C)(C)C1CCCN(C(=O)[C@H]2CCCC(=O)N2)CC1. The van der Waals surface area contributed by atoms with Gasteiger partial charge in [0.1, 0.15) is 6.04 Å². The fourth-order valence-electron chi connectivity index (χ4n) is 3.39. The highest BCUT2D eigenvalue weighted by molar-refractivity contribution is 5.88. The topological polar surface area (TPSA) is 49.4 Å². The molecule has 2 aliphatic rings. The van der Waals surface area contributed by atoms with Crippen LogP contribution < -0.4 is 5.32 Å². The maximum atomic E-state index is 12.5. The first-order chi connectivity index (χ1) is 9.38.